The highest BCUT2D eigenvalue weighted by Gasteiger charge is 2.08. The van der Waals surface area contributed by atoms with Gasteiger partial charge in [0.05, 0.1) is 11.1 Å². The van der Waals surface area contributed by atoms with Crippen LogP contribution in [0.3, 0.4) is 0 Å². The van der Waals surface area contributed by atoms with Gasteiger partial charge in [0.15, 0.2) is 0 Å². The van der Waals surface area contributed by atoms with Crippen LogP contribution in [0.4, 0.5) is 0 Å². The highest BCUT2D eigenvalue weighted by Crippen LogP contribution is 2.31. The van der Waals surface area contributed by atoms with Crippen molar-refractivity contribution in [2.45, 2.75) is 20.3 Å². The van der Waals surface area contributed by atoms with E-state index in [1.807, 2.05) is 25.3 Å². The highest BCUT2D eigenvalue weighted by atomic mass is 35.5. The zero-order valence-corrected chi connectivity index (χ0v) is 9.17. The van der Waals surface area contributed by atoms with E-state index in [1.54, 1.807) is 11.3 Å². The van der Waals surface area contributed by atoms with Crippen molar-refractivity contribution >= 4 is 28.0 Å². The molecule has 0 radical (unpaired) electrons. The maximum Gasteiger partial charge on any atom is 0.0963 e. The number of rotatable bonds is 2. The van der Waals surface area contributed by atoms with Gasteiger partial charge in [0.1, 0.15) is 0 Å². The Labute approximate surface area is 87.3 Å². The summed E-state index contributed by atoms with van der Waals surface area (Å²) < 4.78 is 0. The number of thiophene rings is 1. The van der Waals surface area contributed by atoms with E-state index in [0.717, 1.165) is 10.4 Å². The van der Waals surface area contributed by atoms with Gasteiger partial charge in [-0.05, 0) is 30.4 Å². The van der Waals surface area contributed by atoms with Crippen LogP contribution in [-0.4, -0.2) is 0 Å². The Kier molecular flexibility index (Phi) is 3.53. The van der Waals surface area contributed by atoms with Crippen molar-refractivity contribution in [3.8, 4) is 6.07 Å². The van der Waals surface area contributed by atoms with Crippen molar-refractivity contribution in [1.82, 2.24) is 0 Å². The Morgan fingerprint density at radius 3 is 2.77 bits per heavy atom. The molecule has 0 unspecified atom stereocenters. The maximum atomic E-state index is 8.80. The van der Waals surface area contributed by atoms with Gasteiger partial charge >= 0.3 is 0 Å². The molecule has 0 bridgehead atoms. The van der Waals surface area contributed by atoms with Gasteiger partial charge in [-0.25, -0.2) is 0 Å². The molecule has 1 aromatic rings. The lowest BCUT2D eigenvalue weighted by Gasteiger charge is -1.99. The summed E-state index contributed by atoms with van der Waals surface area (Å²) in [7, 11) is 0. The second kappa shape index (κ2) is 4.45. The van der Waals surface area contributed by atoms with Crippen LogP contribution < -0.4 is 0 Å². The molecule has 1 nitrogen and oxygen atoms in total. The van der Waals surface area contributed by atoms with E-state index < -0.39 is 0 Å². The molecular formula is C10H10ClNS. The van der Waals surface area contributed by atoms with E-state index in [-0.39, 0.29) is 0 Å². The Bertz CT molecular complexity index is 371. The lowest BCUT2D eigenvalue weighted by atomic mass is 10.1. The minimum Gasteiger partial charge on any atom is -0.193 e. The van der Waals surface area contributed by atoms with Gasteiger partial charge in [0.2, 0.25) is 0 Å². The first-order valence-electron chi connectivity index (χ1n) is 4.04. The fourth-order valence-corrected chi connectivity index (χ4v) is 2.37. The Hall–Kier alpha value is -0.780. The van der Waals surface area contributed by atoms with Gasteiger partial charge in [0, 0.05) is 10.5 Å². The summed E-state index contributed by atoms with van der Waals surface area (Å²) >= 11 is 7.66. The van der Waals surface area contributed by atoms with Crippen LogP contribution in [-0.2, 0) is 0 Å². The summed E-state index contributed by atoms with van der Waals surface area (Å²) in [4.78, 5) is 1.01. The maximum absolute atomic E-state index is 8.80. The molecule has 1 aromatic heterocycles. The summed E-state index contributed by atoms with van der Waals surface area (Å²) in [6.45, 7) is 3.93. The Balaban J connectivity index is 3.17. The van der Waals surface area contributed by atoms with Crippen molar-refractivity contribution < 1.29 is 0 Å². The van der Waals surface area contributed by atoms with Gasteiger partial charge in [0.25, 0.3) is 0 Å². The summed E-state index contributed by atoms with van der Waals surface area (Å²) in [6, 6.07) is 4.13. The van der Waals surface area contributed by atoms with E-state index in [0.29, 0.717) is 17.0 Å². The second-order valence-electron chi connectivity index (χ2n) is 2.69. The monoisotopic (exact) mass is 211 g/mol. The molecule has 0 atom stereocenters. The Morgan fingerprint density at radius 2 is 2.38 bits per heavy atom. The summed E-state index contributed by atoms with van der Waals surface area (Å²) in [6.07, 6.45) is 0.687. The van der Waals surface area contributed by atoms with Crippen LogP contribution in [0.1, 0.15) is 23.8 Å². The number of halogens is 1. The average Bonchev–Trinajstić information content (AvgIpc) is 2.53. The Morgan fingerprint density at radius 1 is 1.69 bits per heavy atom. The summed E-state index contributed by atoms with van der Waals surface area (Å²) in [5, 5.41) is 11.4. The lowest BCUT2D eigenvalue weighted by molar-refractivity contribution is 1.16. The third kappa shape index (κ3) is 2.12. The van der Waals surface area contributed by atoms with E-state index in [9.17, 15) is 0 Å². The minimum absolute atomic E-state index is 0.609. The van der Waals surface area contributed by atoms with Crippen LogP contribution >= 0.6 is 22.9 Å². The van der Waals surface area contributed by atoms with Crippen LogP contribution in [0.15, 0.2) is 17.0 Å². The molecule has 0 aromatic carbocycles. The molecule has 0 saturated carbocycles. The summed E-state index contributed by atoms with van der Waals surface area (Å²) in [5.74, 6) is 0. The molecule has 68 valence electrons. The second-order valence-corrected chi connectivity index (χ2v) is 3.98. The molecule has 13 heavy (non-hydrogen) atoms. The standard InChI is InChI=1S/C10H10ClNS/c1-3-8(6-12)9(11)10-7(2)4-5-13-10/h4-5H,3H2,1-2H3. The first-order valence-corrected chi connectivity index (χ1v) is 5.29. The molecular weight excluding hydrogens is 202 g/mol. The van der Waals surface area contributed by atoms with E-state index >= 15 is 0 Å². The van der Waals surface area contributed by atoms with Crippen LogP contribution in [0.25, 0.3) is 5.03 Å². The molecule has 0 aliphatic heterocycles. The fourth-order valence-electron chi connectivity index (χ4n) is 1.02. The number of hydrogen-bond donors (Lipinski definition) is 0. The molecule has 0 amide bonds. The van der Waals surface area contributed by atoms with Crippen molar-refractivity contribution in [1.29, 1.82) is 5.26 Å². The van der Waals surface area contributed by atoms with Gasteiger partial charge < -0.3 is 0 Å². The van der Waals surface area contributed by atoms with E-state index in [4.69, 9.17) is 16.9 Å². The minimum atomic E-state index is 0.609. The smallest absolute Gasteiger partial charge is 0.0963 e. The molecule has 0 spiro atoms. The molecule has 0 aliphatic carbocycles. The van der Waals surface area contributed by atoms with Gasteiger partial charge in [-0.1, -0.05) is 18.5 Å². The van der Waals surface area contributed by atoms with Crippen LogP contribution in [0.5, 0.6) is 0 Å². The number of allylic oxidation sites excluding steroid dienone is 1. The van der Waals surface area contributed by atoms with Crippen LogP contribution in [0.2, 0.25) is 0 Å². The molecule has 0 saturated heterocycles. The normalized spacial score (nSPS) is 12.2. The number of nitrogens with zero attached hydrogens (tertiary/aromatic N) is 1. The first kappa shape index (κ1) is 10.3. The van der Waals surface area contributed by atoms with Gasteiger partial charge in [-0.15, -0.1) is 11.3 Å². The predicted octanol–water partition coefficient (Wildman–Crippen LogP) is 3.94. The zero-order valence-electron chi connectivity index (χ0n) is 7.60. The number of hydrogen-bond acceptors (Lipinski definition) is 2. The molecule has 0 N–H and O–H groups in total. The van der Waals surface area contributed by atoms with Crippen molar-refractivity contribution in [2.24, 2.45) is 0 Å². The molecule has 0 aliphatic rings. The highest BCUT2D eigenvalue weighted by molar-refractivity contribution is 7.12. The van der Waals surface area contributed by atoms with Crippen molar-refractivity contribution in [2.75, 3.05) is 0 Å². The van der Waals surface area contributed by atoms with Gasteiger partial charge in [-0.2, -0.15) is 5.26 Å². The fraction of sp³-hybridized carbons (Fsp3) is 0.300. The molecule has 1 heterocycles. The van der Waals surface area contributed by atoms with Crippen LogP contribution in [0, 0.1) is 18.3 Å². The topological polar surface area (TPSA) is 23.8 Å². The molecule has 0 fully saturated rings. The number of nitriles is 1. The SMILES string of the molecule is CCC(C#N)=C(Cl)c1sccc1C. The summed E-state index contributed by atoms with van der Waals surface area (Å²) in [5.41, 5.74) is 1.79. The van der Waals surface area contributed by atoms with Crippen molar-refractivity contribution in [3.63, 3.8) is 0 Å². The zero-order chi connectivity index (χ0) is 9.84. The molecule has 1 rings (SSSR count). The first-order chi connectivity index (χ1) is 6.20. The largest absolute Gasteiger partial charge is 0.193 e. The molecule has 3 heteroatoms. The van der Waals surface area contributed by atoms with Gasteiger partial charge in [-0.3, -0.25) is 0 Å². The van der Waals surface area contributed by atoms with E-state index in [2.05, 4.69) is 6.07 Å². The van der Waals surface area contributed by atoms with E-state index in [1.165, 1.54) is 0 Å². The third-order valence-corrected chi connectivity index (χ3v) is 3.38. The lowest BCUT2D eigenvalue weighted by Crippen LogP contribution is -1.82. The third-order valence-electron chi connectivity index (χ3n) is 1.81. The average molecular weight is 212 g/mol. The van der Waals surface area contributed by atoms with Crippen molar-refractivity contribution in [3.05, 3.63) is 27.5 Å². The predicted molar refractivity (Wildman–Crippen MR) is 57.7 cm³/mol. The quantitative estimate of drug-likeness (QED) is 0.680. The number of aryl methyl sites for hydroxylation is 1.